The third kappa shape index (κ3) is 5.12. The molecule has 2 N–H and O–H groups in total. The molecule has 5 nitrogen and oxygen atoms in total. The lowest BCUT2D eigenvalue weighted by atomic mass is 10.2. The van der Waals surface area contributed by atoms with E-state index < -0.39 is 15.9 Å². The van der Waals surface area contributed by atoms with Crippen LogP contribution in [0, 0.1) is 6.92 Å². The highest BCUT2D eigenvalue weighted by atomic mass is 35.5. The van der Waals surface area contributed by atoms with E-state index in [1.165, 1.54) is 30.0 Å². The number of benzene rings is 3. The number of carbonyl (C=O) groups excluding carboxylic acids is 1. The van der Waals surface area contributed by atoms with Gasteiger partial charge in [-0.3, -0.25) is 9.52 Å². The number of para-hydroxylation sites is 1. The van der Waals surface area contributed by atoms with E-state index in [9.17, 15) is 13.2 Å². The lowest BCUT2D eigenvalue weighted by Crippen LogP contribution is -2.16. The van der Waals surface area contributed by atoms with Crippen LogP contribution in [0.25, 0.3) is 0 Å². The monoisotopic (exact) mass is 446 g/mol. The fourth-order valence-corrected chi connectivity index (χ4v) is 4.84. The summed E-state index contributed by atoms with van der Waals surface area (Å²) in [6, 6.07) is 18.5. The summed E-state index contributed by atoms with van der Waals surface area (Å²) < 4.78 is 28.2. The number of rotatable bonds is 6. The number of aryl methyl sites for hydroxylation is 1. The number of halogens is 1. The molecule has 0 bridgehead atoms. The quantitative estimate of drug-likeness (QED) is 0.495. The minimum atomic E-state index is -3.97. The normalized spacial score (nSPS) is 11.1. The summed E-state index contributed by atoms with van der Waals surface area (Å²) in [4.78, 5) is 13.4. The Balaban J connectivity index is 1.90. The first kappa shape index (κ1) is 21.2. The molecule has 150 valence electrons. The van der Waals surface area contributed by atoms with E-state index in [1.54, 1.807) is 24.3 Å². The first-order chi connectivity index (χ1) is 13.8. The number of sulfonamides is 1. The zero-order chi connectivity index (χ0) is 21.0. The average Bonchev–Trinajstić information content (AvgIpc) is 2.68. The Labute approximate surface area is 179 Å². The second-order valence-corrected chi connectivity index (χ2v) is 9.18. The van der Waals surface area contributed by atoms with Crippen LogP contribution in [0.5, 0.6) is 0 Å². The Morgan fingerprint density at radius 2 is 1.76 bits per heavy atom. The van der Waals surface area contributed by atoms with Gasteiger partial charge >= 0.3 is 0 Å². The van der Waals surface area contributed by atoms with Crippen LogP contribution in [0.1, 0.15) is 15.9 Å². The SMILES string of the molecule is CSc1ccccc1NC(=O)c1ccc(Cl)c(S(=O)(=O)Nc2cccc(C)c2)c1. The lowest BCUT2D eigenvalue weighted by Gasteiger charge is -2.13. The lowest BCUT2D eigenvalue weighted by molar-refractivity contribution is 0.102. The molecule has 1 amide bonds. The largest absolute Gasteiger partial charge is 0.321 e. The number of anilines is 2. The highest BCUT2D eigenvalue weighted by Gasteiger charge is 2.21. The van der Waals surface area contributed by atoms with Gasteiger partial charge in [-0.05, 0) is 61.2 Å². The molecule has 3 rings (SSSR count). The molecule has 3 aromatic carbocycles. The summed E-state index contributed by atoms with van der Waals surface area (Å²) in [6.45, 7) is 1.86. The summed E-state index contributed by atoms with van der Waals surface area (Å²) in [7, 11) is -3.97. The summed E-state index contributed by atoms with van der Waals surface area (Å²) in [5.41, 5.74) is 2.18. The molecule has 0 aliphatic heterocycles. The fourth-order valence-electron chi connectivity index (χ4n) is 2.71. The maximum absolute atomic E-state index is 12.8. The molecule has 0 aliphatic rings. The van der Waals surface area contributed by atoms with Crippen LogP contribution in [0.2, 0.25) is 5.02 Å². The molecule has 8 heteroatoms. The minimum Gasteiger partial charge on any atom is -0.321 e. The summed E-state index contributed by atoms with van der Waals surface area (Å²) in [5.74, 6) is -0.421. The zero-order valence-electron chi connectivity index (χ0n) is 15.8. The van der Waals surface area contributed by atoms with Crippen molar-refractivity contribution in [2.75, 3.05) is 16.3 Å². The first-order valence-corrected chi connectivity index (χ1v) is 11.7. The average molecular weight is 447 g/mol. The number of hydrogen-bond acceptors (Lipinski definition) is 4. The maximum Gasteiger partial charge on any atom is 0.263 e. The van der Waals surface area contributed by atoms with E-state index in [0.29, 0.717) is 11.4 Å². The second-order valence-electron chi connectivity index (χ2n) is 6.27. The maximum atomic E-state index is 12.8. The number of thioether (sulfide) groups is 1. The molecule has 0 spiro atoms. The van der Waals surface area contributed by atoms with Gasteiger partial charge in [0.15, 0.2) is 0 Å². The van der Waals surface area contributed by atoms with Crippen molar-refractivity contribution < 1.29 is 13.2 Å². The molecule has 29 heavy (non-hydrogen) atoms. The van der Waals surface area contributed by atoms with Gasteiger partial charge in [-0.2, -0.15) is 0 Å². The van der Waals surface area contributed by atoms with Crippen molar-refractivity contribution >= 4 is 50.7 Å². The molecule has 0 saturated heterocycles. The molecule has 3 aromatic rings. The van der Waals surface area contributed by atoms with E-state index in [-0.39, 0.29) is 15.5 Å². The number of hydrogen-bond donors (Lipinski definition) is 2. The predicted molar refractivity (Wildman–Crippen MR) is 120 cm³/mol. The van der Waals surface area contributed by atoms with Crippen LogP contribution in [-0.2, 0) is 10.0 Å². The molecule has 0 atom stereocenters. The van der Waals surface area contributed by atoms with Gasteiger partial charge in [0.1, 0.15) is 4.90 Å². The molecular formula is C21H19ClN2O3S2. The van der Waals surface area contributed by atoms with Gasteiger partial charge in [0.2, 0.25) is 0 Å². The third-order valence-electron chi connectivity index (χ3n) is 4.11. The standard InChI is InChI=1S/C21H19ClN2O3S2/c1-14-6-5-7-16(12-14)24-29(26,27)20-13-15(10-11-17(20)22)21(25)23-18-8-3-4-9-19(18)28-2/h3-13,24H,1-2H3,(H,23,25). The number of amides is 1. The minimum absolute atomic E-state index is 0.0335. The van der Waals surface area contributed by atoms with Crippen molar-refractivity contribution in [1.29, 1.82) is 0 Å². The molecule has 0 saturated carbocycles. The molecule has 0 aliphatic carbocycles. The van der Waals surface area contributed by atoms with Gasteiger partial charge in [0.25, 0.3) is 15.9 Å². The highest BCUT2D eigenvalue weighted by molar-refractivity contribution is 7.98. The number of nitrogens with one attached hydrogen (secondary N) is 2. The van der Waals surface area contributed by atoms with Crippen LogP contribution >= 0.6 is 23.4 Å². The van der Waals surface area contributed by atoms with E-state index in [0.717, 1.165) is 10.5 Å². The van der Waals surface area contributed by atoms with Crippen LogP contribution in [0.3, 0.4) is 0 Å². The van der Waals surface area contributed by atoms with E-state index in [2.05, 4.69) is 10.0 Å². The fraction of sp³-hybridized carbons (Fsp3) is 0.0952. The highest BCUT2D eigenvalue weighted by Crippen LogP contribution is 2.28. The van der Waals surface area contributed by atoms with Crippen molar-refractivity contribution in [3.63, 3.8) is 0 Å². The molecule has 0 unspecified atom stereocenters. The summed E-state index contributed by atoms with van der Waals surface area (Å²) in [5, 5.41) is 2.85. The molecule has 0 aromatic heterocycles. The molecule has 0 heterocycles. The predicted octanol–water partition coefficient (Wildman–Crippen LogP) is 5.42. The van der Waals surface area contributed by atoms with Gasteiger partial charge in [0.05, 0.1) is 10.7 Å². The van der Waals surface area contributed by atoms with Crippen molar-refractivity contribution in [2.24, 2.45) is 0 Å². The van der Waals surface area contributed by atoms with Crippen molar-refractivity contribution in [3.8, 4) is 0 Å². The molecule has 0 radical (unpaired) electrons. The Morgan fingerprint density at radius 3 is 2.48 bits per heavy atom. The van der Waals surface area contributed by atoms with Gasteiger partial charge in [-0.15, -0.1) is 11.8 Å². The Hall–Kier alpha value is -2.48. The first-order valence-electron chi connectivity index (χ1n) is 8.63. The third-order valence-corrected chi connectivity index (χ3v) is 6.77. The molecule has 0 fully saturated rings. The van der Waals surface area contributed by atoms with Crippen molar-refractivity contribution in [3.05, 3.63) is 82.9 Å². The van der Waals surface area contributed by atoms with Gasteiger partial charge in [-0.1, -0.05) is 35.9 Å². The Kier molecular flexibility index (Phi) is 6.52. The van der Waals surface area contributed by atoms with Gasteiger partial charge in [-0.25, -0.2) is 8.42 Å². The van der Waals surface area contributed by atoms with E-state index in [4.69, 9.17) is 11.6 Å². The Morgan fingerprint density at radius 1 is 1.00 bits per heavy atom. The topological polar surface area (TPSA) is 75.3 Å². The zero-order valence-corrected chi connectivity index (χ0v) is 18.2. The van der Waals surface area contributed by atoms with Gasteiger partial charge in [0, 0.05) is 16.1 Å². The van der Waals surface area contributed by atoms with Crippen LogP contribution < -0.4 is 10.0 Å². The van der Waals surface area contributed by atoms with Crippen LogP contribution in [-0.4, -0.2) is 20.6 Å². The summed E-state index contributed by atoms with van der Waals surface area (Å²) >= 11 is 7.64. The second kappa shape index (κ2) is 8.90. The summed E-state index contributed by atoms with van der Waals surface area (Å²) in [6.07, 6.45) is 1.91. The van der Waals surface area contributed by atoms with E-state index >= 15 is 0 Å². The van der Waals surface area contributed by atoms with Crippen LogP contribution in [0.15, 0.2) is 76.5 Å². The van der Waals surface area contributed by atoms with Gasteiger partial charge < -0.3 is 5.32 Å². The van der Waals surface area contributed by atoms with Crippen molar-refractivity contribution in [2.45, 2.75) is 16.7 Å². The van der Waals surface area contributed by atoms with Crippen molar-refractivity contribution in [1.82, 2.24) is 0 Å². The van der Waals surface area contributed by atoms with E-state index in [1.807, 2.05) is 37.4 Å². The number of carbonyl (C=O) groups is 1. The molecular weight excluding hydrogens is 428 g/mol. The smallest absolute Gasteiger partial charge is 0.263 e. The van der Waals surface area contributed by atoms with Crippen LogP contribution in [0.4, 0.5) is 11.4 Å². The Bertz CT molecular complexity index is 1160.